The van der Waals surface area contributed by atoms with Crippen LogP contribution in [0, 0.1) is 0 Å². The number of carboxylic acids is 1. The van der Waals surface area contributed by atoms with Crippen LogP contribution in [-0.2, 0) is 22.7 Å². The van der Waals surface area contributed by atoms with Gasteiger partial charge in [0.1, 0.15) is 18.3 Å². The fourth-order valence-electron chi connectivity index (χ4n) is 1.45. The maximum Gasteiger partial charge on any atom is 0.325 e. The van der Waals surface area contributed by atoms with Gasteiger partial charge in [0, 0.05) is 6.54 Å². The zero-order valence-electron chi connectivity index (χ0n) is 11.8. The average molecular weight is 298 g/mol. The number of urea groups is 1. The molecule has 0 aliphatic heterocycles. The van der Waals surface area contributed by atoms with Gasteiger partial charge in [0.05, 0.1) is 12.7 Å². The molecular formula is C11H18N6O4. The SMILES string of the molecule is CCNC(=O)C(C)NC(=O)NCc1cn(CC(=O)O)nn1. The first-order valence-electron chi connectivity index (χ1n) is 6.35. The van der Waals surface area contributed by atoms with Crippen molar-refractivity contribution in [3.63, 3.8) is 0 Å². The van der Waals surface area contributed by atoms with E-state index in [-0.39, 0.29) is 19.0 Å². The Morgan fingerprint density at radius 1 is 1.38 bits per heavy atom. The largest absolute Gasteiger partial charge is 0.480 e. The number of carboxylic acid groups (broad SMARTS) is 1. The smallest absolute Gasteiger partial charge is 0.325 e. The number of aliphatic carboxylic acids is 1. The quantitative estimate of drug-likeness (QED) is 0.493. The molecule has 0 fully saturated rings. The van der Waals surface area contributed by atoms with Gasteiger partial charge in [-0.1, -0.05) is 5.21 Å². The Morgan fingerprint density at radius 3 is 2.71 bits per heavy atom. The van der Waals surface area contributed by atoms with E-state index in [1.807, 2.05) is 0 Å². The molecule has 0 aliphatic carbocycles. The molecule has 0 saturated heterocycles. The minimum Gasteiger partial charge on any atom is -0.480 e. The molecule has 10 nitrogen and oxygen atoms in total. The van der Waals surface area contributed by atoms with Gasteiger partial charge in [0.2, 0.25) is 5.91 Å². The summed E-state index contributed by atoms with van der Waals surface area (Å²) in [6.45, 7) is 3.61. The first-order chi connectivity index (χ1) is 9.92. The molecule has 21 heavy (non-hydrogen) atoms. The van der Waals surface area contributed by atoms with E-state index in [1.54, 1.807) is 13.8 Å². The highest BCUT2D eigenvalue weighted by molar-refractivity contribution is 5.86. The van der Waals surface area contributed by atoms with E-state index in [9.17, 15) is 14.4 Å². The predicted molar refractivity (Wildman–Crippen MR) is 71.2 cm³/mol. The number of hydrogen-bond acceptors (Lipinski definition) is 5. The van der Waals surface area contributed by atoms with Crippen LogP contribution in [0.4, 0.5) is 4.79 Å². The van der Waals surface area contributed by atoms with Gasteiger partial charge < -0.3 is 21.1 Å². The van der Waals surface area contributed by atoms with Crippen molar-refractivity contribution in [1.82, 2.24) is 30.9 Å². The second kappa shape index (κ2) is 7.82. The van der Waals surface area contributed by atoms with Crippen LogP contribution in [-0.4, -0.2) is 50.6 Å². The van der Waals surface area contributed by atoms with Gasteiger partial charge in [0.25, 0.3) is 0 Å². The number of likely N-dealkylation sites (N-methyl/N-ethyl adjacent to an activating group) is 1. The fraction of sp³-hybridized carbons (Fsp3) is 0.545. The average Bonchev–Trinajstić information content (AvgIpc) is 2.83. The molecule has 0 bridgehead atoms. The van der Waals surface area contributed by atoms with Crippen molar-refractivity contribution < 1.29 is 19.5 Å². The summed E-state index contributed by atoms with van der Waals surface area (Å²) in [5, 5.41) is 23.4. The lowest BCUT2D eigenvalue weighted by Gasteiger charge is -2.13. The summed E-state index contributed by atoms with van der Waals surface area (Å²) in [5.41, 5.74) is 0.414. The van der Waals surface area contributed by atoms with Crippen molar-refractivity contribution in [3.05, 3.63) is 11.9 Å². The van der Waals surface area contributed by atoms with Crippen molar-refractivity contribution in [2.45, 2.75) is 33.0 Å². The number of amides is 3. The third-order valence-electron chi connectivity index (χ3n) is 2.41. The lowest BCUT2D eigenvalue weighted by molar-refractivity contribution is -0.138. The number of aromatic nitrogens is 3. The van der Waals surface area contributed by atoms with Gasteiger partial charge >= 0.3 is 12.0 Å². The van der Waals surface area contributed by atoms with Crippen molar-refractivity contribution in [1.29, 1.82) is 0 Å². The lowest BCUT2D eigenvalue weighted by Crippen LogP contribution is -2.48. The van der Waals surface area contributed by atoms with E-state index in [0.717, 1.165) is 4.68 Å². The highest BCUT2D eigenvalue weighted by atomic mass is 16.4. The summed E-state index contributed by atoms with van der Waals surface area (Å²) in [6.07, 6.45) is 1.42. The van der Waals surface area contributed by atoms with E-state index >= 15 is 0 Å². The second-order valence-electron chi connectivity index (χ2n) is 4.24. The first-order valence-corrected chi connectivity index (χ1v) is 6.35. The van der Waals surface area contributed by atoms with Crippen LogP contribution in [0.2, 0.25) is 0 Å². The zero-order valence-corrected chi connectivity index (χ0v) is 11.8. The van der Waals surface area contributed by atoms with Crippen LogP contribution in [0.1, 0.15) is 19.5 Å². The Balaban J connectivity index is 2.37. The number of carbonyl (C=O) groups excluding carboxylic acids is 2. The molecule has 0 spiro atoms. The molecule has 1 atom stereocenters. The summed E-state index contributed by atoms with van der Waals surface area (Å²) >= 11 is 0. The summed E-state index contributed by atoms with van der Waals surface area (Å²) < 4.78 is 1.15. The lowest BCUT2D eigenvalue weighted by atomic mass is 10.3. The van der Waals surface area contributed by atoms with Gasteiger partial charge in [-0.2, -0.15) is 0 Å². The van der Waals surface area contributed by atoms with Crippen molar-refractivity contribution in [3.8, 4) is 0 Å². The Hall–Kier alpha value is -2.65. The Bertz CT molecular complexity index is 515. The maximum absolute atomic E-state index is 11.6. The van der Waals surface area contributed by atoms with Crippen LogP contribution in [0.15, 0.2) is 6.20 Å². The predicted octanol–water partition coefficient (Wildman–Crippen LogP) is -1.31. The van der Waals surface area contributed by atoms with Gasteiger partial charge in [0.15, 0.2) is 0 Å². The van der Waals surface area contributed by atoms with Crippen molar-refractivity contribution in [2.24, 2.45) is 0 Å². The fourth-order valence-corrected chi connectivity index (χ4v) is 1.45. The summed E-state index contributed by atoms with van der Waals surface area (Å²) in [5.74, 6) is -1.31. The van der Waals surface area contributed by atoms with E-state index in [1.165, 1.54) is 6.20 Å². The van der Waals surface area contributed by atoms with E-state index in [0.29, 0.717) is 12.2 Å². The van der Waals surface area contributed by atoms with Crippen LogP contribution in [0.25, 0.3) is 0 Å². The minimum absolute atomic E-state index is 0.0770. The molecule has 1 aromatic rings. The number of nitrogens with zero attached hydrogens (tertiary/aromatic N) is 3. The third kappa shape index (κ3) is 5.89. The van der Waals surface area contributed by atoms with E-state index < -0.39 is 18.0 Å². The van der Waals surface area contributed by atoms with Crippen LogP contribution < -0.4 is 16.0 Å². The highest BCUT2D eigenvalue weighted by Crippen LogP contribution is 1.93. The maximum atomic E-state index is 11.6. The van der Waals surface area contributed by atoms with E-state index in [4.69, 9.17) is 5.11 Å². The highest BCUT2D eigenvalue weighted by Gasteiger charge is 2.14. The molecule has 1 heterocycles. The molecule has 0 aromatic carbocycles. The number of hydrogen-bond donors (Lipinski definition) is 4. The zero-order chi connectivity index (χ0) is 15.8. The standard InChI is InChI=1S/C11H18N6O4/c1-3-12-10(20)7(2)14-11(21)13-4-8-5-17(16-15-8)6-9(18)19/h5,7H,3-4,6H2,1-2H3,(H,12,20)(H,18,19)(H2,13,14,21). The van der Waals surface area contributed by atoms with Gasteiger partial charge in [-0.05, 0) is 13.8 Å². The Morgan fingerprint density at radius 2 is 2.10 bits per heavy atom. The summed E-state index contributed by atoms with van der Waals surface area (Å²) in [6, 6.07) is -1.19. The number of nitrogens with one attached hydrogen (secondary N) is 3. The molecular weight excluding hydrogens is 280 g/mol. The minimum atomic E-state index is -1.03. The number of rotatable bonds is 7. The molecule has 0 aliphatic rings. The summed E-state index contributed by atoms with van der Waals surface area (Å²) in [4.78, 5) is 33.5. The Kier molecular flexibility index (Phi) is 6.11. The van der Waals surface area contributed by atoms with Crippen molar-refractivity contribution >= 4 is 17.9 Å². The second-order valence-corrected chi connectivity index (χ2v) is 4.24. The normalized spacial score (nSPS) is 11.5. The van der Waals surface area contributed by atoms with Crippen LogP contribution in [0.5, 0.6) is 0 Å². The Labute approximate surface area is 120 Å². The van der Waals surface area contributed by atoms with Crippen LogP contribution >= 0.6 is 0 Å². The monoisotopic (exact) mass is 298 g/mol. The molecule has 0 radical (unpaired) electrons. The molecule has 1 rings (SSSR count). The molecule has 3 amide bonds. The van der Waals surface area contributed by atoms with Gasteiger partial charge in [-0.15, -0.1) is 5.10 Å². The van der Waals surface area contributed by atoms with Crippen molar-refractivity contribution in [2.75, 3.05) is 6.54 Å². The first kappa shape index (κ1) is 16.4. The molecule has 0 saturated carbocycles. The molecule has 10 heteroatoms. The summed E-state index contributed by atoms with van der Waals surface area (Å²) in [7, 11) is 0. The van der Waals surface area contributed by atoms with Gasteiger partial charge in [-0.25, -0.2) is 9.48 Å². The topological polar surface area (TPSA) is 138 Å². The number of carbonyl (C=O) groups is 3. The van der Waals surface area contributed by atoms with Gasteiger partial charge in [-0.3, -0.25) is 9.59 Å². The van der Waals surface area contributed by atoms with E-state index in [2.05, 4.69) is 26.3 Å². The third-order valence-corrected chi connectivity index (χ3v) is 2.41. The molecule has 4 N–H and O–H groups in total. The van der Waals surface area contributed by atoms with Crippen LogP contribution in [0.3, 0.4) is 0 Å². The molecule has 1 unspecified atom stereocenters. The molecule has 1 aromatic heterocycles. The molecule has 116 valence electrons.